The van der Waals surface area contributed by atoms with Crippen LogP contribution >= 0.6 is 0 Å². The molecule has 0 radical (unpaired) electrons. The van der Waals surface area contributed by atoms with Crippen LogP contribution in [0.25, 0.3) is 116 Å². The van der Waals surface area contributed by atoms with Crippen LogP contribution in [0.1, 0.15) is 0 Å². The van der Waals surface area contributed by atoms with E-state index in [1.165, 1.54) is 48.7 Å². The average Bonchev–Trinajstić information content (AvgIpc) is 3.67. The van der Waals surface area contributed by atoms with Crippen molar-refractivity contribution in [2.45, 2.75) is 0 Å². The number of aromatic nitrogens is 4. The Morgan fingerprint density at radius 1 is 0.279 bits per heavy atom. The Kier molecular flexibility index (Phi) is 8.13. The number of rotatable bonds is 6. The molecule has 4 nitrogen and oxygen atoms in total. The van der Waals surface area contributed by atoms with E-state index in [0.717, 1.165) is 50.1 Å². The summed E-state index contributed by atoms with van der Waals surface area (Å²) in [6, 6.07) is 77.5. The molecule has 0 fully saturated rings. The monoisotopic (exact) mass is 776 g/mol. The third-order valence-corrected chi connectivity index (χ3v) is 12.1. The van der Waals surface area contributed by atoms with Crippen LogP contribution in [0, 0.1) is 0 Å². The Balaban J connectivity index is 1.07. The molecule has 0 aliphatic heterocycles. The maximum absolute atomic E-state index is 5.34. The van der Waals surface area contributed by atoms with Crippen LogP contribution in [0.4, 0.5) is 0 Å². The summed E-state index contributed by atoms with van der Waals surface area (Å²) in [7, 11) is 0. The fourth-order valence-corrected chi connectivity index (χ4v) is 9.25. The second kappa shape index (κ2) is 14.3. The van der Waals surface area contributed by atoms with Gasteiger partial charge < -0.3 is 4.57 Å². The smallest absolute Gasteiger partial charge is 0.166 e. The Morgan fingerprint density at radius 3 is 1.54 bits per heavy atom. The van der Waals surface area contributed by atoms with Crippen molar-refractivity contribution in [1.82, 2.24) is 19.5 Å². The summed E-state index contributed by atoms with van der Waals surface area (Å²) in [5.41, 5.74) is 10.6. The number of fused-ring (bicyclic) bond motifs is 7. The van der Waals surface area contributed by atoms with E-state index in [4.69, 9.17) is 15.0 Å². The molecular weight excluding hydrogens is 741 g/mol. The lowest BCUT2D eigenvalue weighted by molar-refractivity contribution is 1.06. The van der Waals surface area contributed by atoms with Crippen molar-refractivity contribution in [3.63, 3.8) is 0 Å². The Hall–Kier alpha value is -8.21. The van der Waals surface area contributed by atoms with Crippen LogP contribution in [0.3, 0.4) is 0 Å². The number of benzene rings is 10. The van der Waals surface area contributed by atoms with Gasteiger partial charge in [0.2, 0.25) is 0 Å². The molecule has 61 heavy (non-hydrogen) atoms. The first-order valence-electron chi connectivity index (χ1n) is 20.7. The SMILES string of the molecule is c1ccc(-c2ccccc2-c2nc(-c3ccc(-c4c5ccccc5cc5c4ccc4ccccc45)cc3)nc(-c3ccccc3-n3c4ccccc4c4ccccc43)n2)cc1. The molecule has 4 heteroatoms. The van der Waals surface area contributed by atoms with Gasteiger partial charge in [-0.05, 0) is 84.9 Å². The molecule has 0 bridgehead atoms. The topological polar surface area (TPSA) is 43.6 Å². The molecule has 2 aromatic heterocycles. The molecule has 0 saturated carbocycles. The van der Waals surface area contributed by atoms with Gasteiger partial charge in [0, 0.05) is 27.5 Å². The maximum atomic E-state index is 5.34. The van der Waals surface area contributed by atoms with Gasteiger partial charge in [0.25, 0.3) is 0 Å². The van der Waals surface area contributed by atoms with Gasteiger partial charge in [-0.15, -0.1) is 0 Å². The van der Waals surface area contributed by atoms with Gasteiger partial charge in [-0.2, -0.15) is 0 Å². The molecule has 12 rings (SSSR count). The number of para-hydroxylation sites is 3. The standard InChI is InChI=1S/C57H36N4/c1-2-16-37(17-3-1)42-20-8-9-25-48(42)56-58-55(59-57(60-56)49-26-12-15-29-53(49)61-51-27-13-10-23-45(51)46-24-11-14-28-52(46)61)40-32-30-39(31-33-40)54-44-22-7-5-19-41(44)36-50-43-21-6-4-18-38(43)34-35-47(50)54/h1-36H. The third kappa shape index (κ3) is 5.80. The fourth-order valence-electron chi connectivity index (χ4n) is 9.25. The zero-order chi connectivity index (χ0) is 40.3. The van der Waals surface area contributed by atoms with Crippen molar-refractivity contribution in [1.29, 1.82) is 0 Å². The van der Waals surface area contributed by atoms with E-state index in [1.54, 1.807) is 0 Å². The van der Waals surface area contributed by atoms with E-state index in [2.05, 4.69) is 217 Å². The minimum atomic E-state index is 0.608. The van der Waals surface area contributed by atoms with Gasteiger partial charge in [0.15, 0.2) is 17.5 Å². The molecule has 0 amide bonds. The van der Waals surface area contributed by atoms with E-state index in [-0.39, 0.29) is 0 Å². The average molecular weight is 777 g/mol. The van der Waals surface area contributed by atoms with Crippen LogP contribution in [-0.2, 0) is 0 Å². The van der Waals surface area contributed by atoms with Gasteiger partial charge in [0.1, 0.15) is 0 Å². The van der Waals surface area contributed by atoms with E-state index in [1.807, 2.05) is 6.07 Å². The lowest BCUT2D eigenvalue weighted by Gasteiger charge is -2.16. The highest BCUT2D eigenvalue weighted by molar-refractivity contribution is 6.20. The molecule has 0 spiro atoms. The minimum Gasteiger partial charge on any atom is -0.309 e. The van der Waals surface area contributed by atoms with Gasteiger partial charge in [-0.3, -0.25) is 0 Å². The second-order valence-corrected chi connectivity index (χ2v) is 15.5. The lowest BCUT2D eigenvalue weighted by Crippen LogP contribution is -2.04. The zero-order valence-electron chi connectivity index (χ0n) is 33.1. The van der Waals surface area contributed by atoms with Crippen LogP contribution in [0.5, 0.6) is 0 Å². The first kappa shape index (κ1) is 34.8. The summed E-state index contributed by atoms with van der Waals surface area (Å²) < 4.78 is 2.34. The molecular formula is C57H36N4. The predicted molar refractivity (Wildman–Crippen MR) is 254 cm³/mol. The summed E-state index contributed by atoms with van der Waals surface area (Å²) in [4.78, 5) is 16.0. The molecule has 0 saturated heterocycles. The van der Waals surface area contributed by atoms with Crippen molar-refractivity contribution in [3.8, 4) is 62.1 Å². The molecule has 10 aromatic carbocycles. The van der Waals surface area contributed by atoms with E-state index in [0.29, 0.717) is 17.5 Å². The predicted octanol–water partition coefficient (Wildman–Crippen LogP) is 14.8. The van der Waals surface area contributed by atoms with Gasteiger partial charge in [-0.1, -0.05) is 188 Å². The fraction of sp³-hybridized carbons (Fsp3) is 0. The van der Waals surface area contributed by atoms with E-state index >= 15 is 0 Å². The molecule has 0 atom stereocenters. The van der Waals surface area contributed by atoms with Crippen LogP contribution in [0.15, 0.2) is 218 Å². The summed E-state index contributed by atoms with van der Waals surface area (Å²) in [6.07, 6.45) is 0. The Labute approximate surface area is 352 Å². The molecule has 12 aromatic rings. The number of hydrogen-bond acceptors (Lipinski definition) is 3. The Bertz CT molecular complexity index is 3590. The van der Waals surface area contributed by atoms with Crippen LogP contribution in [0.2, 0.25) is 0 Å². The summed E-state index contributed by atoms with van der Waals surface area (Å²) in [6.45, 7) is 0. The minimum absolute atomic E-state index is 0.608. The first-order chi connectivity index (χ1) is 30.3. The third-order valence-electron chi connectivity index (χ3n) is 12.1. The van der Waals surface area contributed by atoms with Gasteiger partial charge in [-0.25, -0.2) is 15.0 Å². The molecule has 284 valence electrons. The molecule has 0 aliphatic rings. The second-order valence-electron chi connectivity index (χ2n) is 15.5. The first-order valence-corrected chi connectivity index (χ1v) is 20.7. The van der Waals surface area contributed by atoms with E-state index < -0.39 is 0 Å². The van der Waals surface area contributed by atoms with Crippen LogP contribution in [-0.4, -0.2) is 19.5 Å². The Morgan fingerprint density at radius 2 is 0.803 bits per heavy atom. The van der Waals surface area contributed by atoms with Gasteiger partial charge >= 0.3 is 0 Å². The summed E-state index contributed by atoms with van der Waals surface area (Å²) in [5.74, 6) is 1.84. The normalized spacial score (nSPS) is 11.6. The maximum Gasteiger partial charge on any atom is 0.166 e. The van der Waals surface area contributed by atoms with Gasteiger partial charge in [0.05, 0.1) is 16.7 Å². The summed E-state index contributed by atoms with van der Waals surface area (Å²) >= 11 is 0. The number of hydrogen-bond donors (Lipinski definition) is 0. The largest absolute Gasteiger partial charge is 0.309 e. The molecule has 2 heterocycles. The van der Waals surface area contributed by atoms with E-state index in [9.17, 15) is 0 Å². The quantitative estimate of drug-likeness (QED) is 0.125. The summed E-state index contributed by atoms with van der Waals surface area (Å²) in [5, 5.41) is 9.82. The van der Waals surface area contributed by atoms with Crippen molar-refractivity contribution < 1.29 is 0 Å². The van der Waals surface area contributed by atoms with Crippen molar-refractivity contribution in [3.05, 3.63) is 218 Å². The van der Waals surface area contributed by atoms with Crippen molar-refractivity contribution >= 4 is 54.1 Å². The highest BCUT2D eigenvalue weighted by atomic mass is 15.1. The van der Waals surface area contributed by atoms with Crippen molar-refractivity contribution in [2.75, 3.05) is 0 Å². The molecule has 0 N–H and O–H groups in total. The molecule has 0 aliphatic carbocycles. The lowest BCUT2D eigenvalue weighted by atomic mass is 9.89. The van der Waals surface area contributed by atoms with Crippen molar-refractivity contribution in [2.24, 2.45) is 0 Å². The zero-order valence-corrected chi connectivity index (χ0v) is 33.1. The van der Waals surface area contributed by atoms with Crippen LogP contribution < -0.4 is 0 Å². The highest BCUT2D eigenvalue weighted by Crippen LogP contribution is 2.41. The highest BCUT2D eigenvalue weighted by Gasteiger charge is 2.21. The molecule has 0 unspecified atom stereocenters. The number of nitrogens with zero attached hydrogens (tertiary/aromatic N) is 4.